The van der Waals surface area contributed by atoms with Crippen molar-refractivity contribution in [1.29, 1.82) is 0 Å². The molecule has 0 bridgehead atoms. The number of aromatic nitrogens is 3. The first kappa shape index (κ1) is 15.5. The van der Waals surface area contributed by atoms with E-state index in [1.54, 1.807) is 18.5 Å². The SMILES string of the molecule is Fc1cccc(CNc2cc(-c3cccnc3)nc(NC3CC3)n2)c1. The minimum atomic E-state index is -0.242. The van der Waals surface area contributed by atoms with E-state index in [9.17, 15) is 4.39 Å². The Labute approximate surface area is 145 Å². The van der Waals surface area contributed by atoms with Gasteiger partial charge in [-0.1, -0.05) is 12.1 Å². The maximum absolute atomic E-state index is 13.3. The van der Waals surface area contributed by atoms with Gasteiger partial charge in [0.2, 0.25) is 5.95 Å². The molecule has 0 radical (unpaired) electrons. The Morgan fingerprint density at radius 2 is 2.00 bits per heavy atom. The summed E-state index contributed by atoms with van der Waals surface area (Å²) in [5.41, 5.74) is 2.59. The summed E-state index contributed by atoms with van der Waals surface area (Å²) in [7, 11) is 0. The molecule has 2 aromatic heterocycles. The van der Waals surface area contributed by atoms with Crippen molar-refractivity contribution >= 4 is 11.8 Å². The number of rotatable bonds is 6. The number of nitrogens with zero attached hydrogens (tertiary/aromatic N) is 3. The zero-order valence-electron chi connectivity index (χ0n) is 13.6. The zero-order chi connectivity index (χ0) is 17.1. The molecule has 4 rings (SSSR count). The van der Waals surface area contributed by atoms with E-state index in [2.05, 4.69) is 25.6 Å². The summed E-state index contributed by atoms with van der Waals surface area (Å²) in [5, 5.41) is 6.59. The first-order chi connectivity index (χ1) is 12.3. The summed E-state index contributed by atoms with van der Waals surface area (Å²) in [6.45, 7) is 0.490. The number of nitrogens with one attached hydrogen (secondary N) is 2. The lowest BCUT2D eigenvalue weighted by Crippen LogP contribution is -2.09. The van der Waals surface area contributed by atoms with Crippen LogP contribution in [-0.4, -0.2) is 21.0 Å². The molecule has 5 nitrogen and oxygen atoms in total. The molecule has 1 aliphatic rings. The van der Waals surface area contributed by atoms with Gasteiger partial charge in [0.15, 0.2) is 0 Å². The van der Waals surface area contributed by atoms with Crippen LogP contribution in [0, 0.1) is 5.82 Å². The van der Waals surface area contributed by atoms with Crippen molar-refractivity contribution in [3.63, 3.8) is 0 Å². The van der Waals surface area contributed by atoms with E-state index in [-0.39, 0.29) is 5.82 Å². The van der Waals surface area contributed by atoms with Crippen LogP contribution in [0.5, 0.6) is 0 Å². The topological polar surface area (TPSA) is 62.7 Å². The Kier molecular flexibility index (Phi) is 4.24. The fourth-order valence-corrected chi connectivity index (χ4v) is 2.51. The highest BCUT2D eigenvalue weighted by Gasteiger charge is 2.22. The standard InChI is InChI=1S/C19H18FN5/c20-15-5-1-3-13(9-15)11-22-18-10-17(14-4-2-8-21-12-14)24-19(25-18)23-16-6-7-16/h1-5,8-10,12,16H,6-7,11H2,(H2,22,23,24,25). The number of hydrogen-bond donors (Lipinski definition) is 2. The monoisotopic (exact) mass is 335 g/mol. The Morgan fingerprint density at radius 1 is 1.08 bits per heavy atom. The second-order valence-corrected chi connectivity index (χ2v) is 6.11. The lowest BCUT2D eigenvalue weighted by atomic mass is 10.2. The lowest BCUT2D eigenvalue weighted by molar-refractivity contribution is 0.626. The number of pyridine rings is 1. The molecule has 0 atom stereocenters. The van der Waals surface area contributed by atoms with Gasteiger partial charge in [0, 0.05) is 36.6 Å². The second kappa shape index (κ2) is 6.84. The Balaban J connectivity index is 1.59. The van der Waals surface area contributed by atoms with Crippen molar-refractivity contribution in [2.75, 3.05) is 10.6 Å². The third-order valence-corrected chi connectivity index (χ3v) is 3.96. The summed E-state index contributed by atoms with van der Waals surface area (Å²) in [6, 6.07) is 12.7. The van der Waals surface area contributed by atoms with E-state index in [4.69, 9.17) is 0 Å². The molecule has 0 amide bonds. The molecule has 1 fully saturated rings. The van der Waals surface area contributed by atoms with E-state index >= 15 is 0 Å². The van der Waals surface area contributed by atoms with Gasteiger partial charge in [0.05, 0.1) is 5.69 Å². The van der Waals surface area contributed by atoms with Crippen molar-refractivity contribution in [2.45, 2.75) is 25.4 Å². The van der Waals surface area contributed by atoms with Crippen molar-refractivity contribution < 1.29 is 4.39 Å². The third kappa shape index (κ3) is 4.09. The molecule has 2 N–H and O–H groups in total. The first-order valence-electron chi connectivity index (χ1n) is 8.30. The molecule has 6 heteroatoms. The van der Waals surface area contributed by atoms with E-state index in [0.717, 1.165) is 29.7 Å². The molecule has 0 spiro atoms. The van der Waals surface area contributed by atoms with Gasteiger partial charge in [-0.25, -0.2) is 9.37 Å². The quantitative estimate of drug-likeness (QED) is 0.716. The highest BCUT2D eigenvalue weighted by atomic mass is 19.1. The summed E-state index contributed by atoms with van der Waals surface area (Å²) < 4.78 is 13.3. The van der Waals surface area contributed by atoms with Crippen LogP contribution in [0.2, 0.25) is 0 Å². The lowest BCUT2D eigenvalue weighted by Gasteiger charge is -2.11. The minimum absolute atomic E-state index is 0.242. The van der Waals surface area contributed by atoms with Crippen LogP contribution in [0.1, 0.15) is 18.4 Å². The predicted octanol–water partition coefficient (Wildman–Crippen LogP) is 3.86. The highest BCUT2D eigenvalue weighted by molar-refractivity contribution is 5.63. The van der Waals surface area contributed by atoms with Gasteiger partial charge in [-0.3, -0.25) is 4.98 Å². The molecule has 25 heavy (non-hydrogen) atoms. The van der Waals surface area contributed by atoms with Gasteiger partial charge >= 0.3 is 0 Å². The van der Waals surface area contributed by atoms with E-state index < -0.39 is 0 Å². The molecule has 126 valence electrons. The molecule has 1 aliphatic carbocycles. The van der Waals surface area contributed by atoms with Gasteiger partial charge in [0.25, 0.3) is 0 Å². The summed E-state index contributed by atoms with van der Waals surface area (Å²) in [6.07, 6.45) is 5.80. The Hall–Kier alpha value is -3.02. The zero-order valence-corrected chi connectivity index (χ0v) is 13.6. The molecule has 0 saturated heterocycles. The van der Waals surface area contributed by atoms with Crippen molar-refractivity contribution in [3.05, 3.63) is 66.2 Å². The molecular formula is C19H18FN5. The predicted molar refractivity (Wildman–Crippen MR) is 95.6 cm³/mol. The highest BCUT2D eigenvalue weighted by Crippen LogP contribution is 2.26. The summed E-state index contributed by atoms with van der Waals surface area (Å²) in [5.74, 6) is 1.06. The van der Waals surface area contributed by atoms with Crippen molar-refractivity contribution in [3.8, 4) is 11.3 Å². The fourth-order valence-electron chi connectivity index (χ4n) is 2.51. The van der Waals surface area contributed by atoms with E-state index in [1.165, 1.54) is 12.1 Å². The molecular weight excluding hydrogens is 317 g/mol. The smallest absolute Gasteiger partial charge is 0.225 e. The van der Waals surface area contributed by atoms with Crippen molar-refractivity contribution in [1.82, 2.24) is 15.0 Å². The van der Waals surface area contributed by atoms with Crippen LogP contribution in [0.25, 0.3) is 11.3 Å². The average molecular weight is 335 g/mol. The van der Waals surface area contributed by atoms with Gasteiger partial charge < -0.3 is 10.6 Å². The van der Waals surface area contributed by atoms with E-state index in [1.807, 2.05) is 24.3 Å². The molecule has 0 aliphatic heterocycles. The van der Waals surface area contributed by atoms with Crippen LogP contribution in [0.15, 0.2) is 54.9 Å². The minimum Gasteiger partial charge on any atom is -0.366 e. The van der Waals surface area contributed by atoms with Crippen LogP contribution >= 0.6 is 0 Å². The van der Waals surface area contributed by atoms with Crippen LogP contribution in [0.3, 0.4) is 0 Å². The maximum atomic E-state index is 13.3. The maximum Gasteiger partial charge on any atom is 0.225 e. The van der Waals surface area contributed by atoms with E-state index in [0.29, 0.717) is 24.4 Å². The molecule has 0 unspecified atom stereocenters. The van der Waals surface area contributed by atoms with Gasteiger partial charge in [-0.15, -0.1) is 0 Å². The number of halogens is 1. The normalized spacial score (nSPS) is 13.5. The average Bonchev–Trinajstić information content (AvgIpc) is 3.45. The Morgan fingerprint density at radius 3 is 2.76 bits per heavy atom. The fraction of sp³-hybridized carbons (Fsp3) is 0.211. The Bertz CT molecular complexity index is 865. The van der Waals surface area contributed by atoms with Crippen molar-refractivity contribution in [2.24, 2.45) is 0 Å². The largest absolute Gasteiger partial charge is 0.366 e. The molecule has 3 aromatic rings. The van der Waals surface area contributed by atoms with Crippen LogP contribution in [0.4, 0.5) is 16.2 Å². The van der Waals surface area contributed by atoms with Gasteiger partial charge in [0.1, 0.15) is 11.6 Å². The third-order valence-electron chi connectivity index (χ3n) is 3.96. The van der Waals surface area contributed by atoms with Crippen LogP contribution in [-0.2, 0) is 6.54 Å². The molecule has 1 aromatic carbocycles. The first-order valence-corrected chi connectivity index (χ1v) is 8.30. The van der Waals surface area contributed by atoms with Crippen LogP contribution < -0.4 is 10.6 Å². The molecule has 1 saturated carbocycles. The number of benzene rings is 1. The summed E-state index contributed by atoms with van der Waals surface area (Å²) in [4.78, 5) is 13.3. The number of anilines is 2. The van der Waals surface area contributed by atoms with Gasteiger partial charge in [-0.2, -0.15) is 4.98 Å². The summed E-state index contributed by atoms with van der Waals surface area (Å²) >= 11 is 0. The van der Waals surface area contributed by atoms with Gasteiger partial charge in [-0.05, 0) is 42.7 Å². The molecule has 2 heterocycles. The number of hydrogen-bond acceptors (Lipinski definition) is 5. The second-order valence-electron chi connectivity index (χ2n) is 6.11.